The summed E-state index contributed by atoms with van der Waals surface area (Å²) in [6.07, 6.45) is 6.35. The number of aromatic nitrogens is 2. The molecular formula is C18H26N4. The maximum Gasteiger partial charge on any atom is 0.0489 e. The Morgan fingerprint density at radius 1 is 1.23 bits per heavy atom. The average molecular weight is 298 g/mol. The van der Waals surface area contributed by atoms with E-state index >= 15 is 0 Å². The van der Waals surface area contributed by atoms with Crippen molar-refractivity contribution < 1.29 is 0 Å². The van der Waals surface area contributed by atoms with Crippen molar-refractivity contribution in [3.05, 3.63) is 48.8 Å². The molecule has 4 heteroatoms. The number of para-hydroxylation sites is 1. The molecule has 1 fully saturated rings. The molecule has 0 unspecified atom stereocenters. The lowest BCUT2D eigenvalue weighted by atomic mass is 10.1. The zero-order valence-corrected chi connectivity index (χ0v) is 13.4. The van der Waals surface area contributed by atoms with Crippen molar-refractivity contribution in [1.29, 1.82) is 0 Å². The summed E-state index contributed by atoms with van der Waals surface area (Å²) in [5.74, 6) is 0.787. The summed E-state index contributed by atoms with van der Waals surface area (Å²) in [5, 5.41) is 4.25. The van der Waals surface area contributed by atoms with Crippen LogP contribution in [0.4, 0.5) is 5.69 Å². The van der Waals surface area contributed by atoms with E-state index in [9.17, 15) is 0 Å². The number of hydrogen-bond acceptors (Lipinski definition) is 3. The molecule has 118 valence electrons. The quantitative estimate of drug-likeness (QED) is 0.785. The van der Waals surface area contributed by atoms with Gasteiger partial charge >= 0.3 is 0 Å². The number of nitrogens with zero attached hydrogens (tertiary/aromatic N) is 4. The van der Waals surface area contributed by atoms with Crippen LogP contribution in [-0.2, 0) is 6.54 Å². The van der Waals surface area contributed by atoms with E-state index in [1.165, 1.54) is 31.7 Å². The summed E-state index contributed by atoms with van der Waals surface area (Å²) >= 11 is 0. The van der Waals surface area contributed by atoms with Crippen LogP contribution in [0.5, 0.6) is 0 Å². The van der Waals surface area contributed by atoms with Gasteiger partial charge in [0.15, 0.2) is 0 Å². The Morgan fingerprint density at radius 2 is 2.09 bits per heavy atom. The fourth-order valence-electron chi connectivity index (χ4n) is 3.32. The first-order valence-electron chi connectivity index (χ1n) is 8.27. The van der Waals surface area contributed by atoms with E-state index < -0.39 is 0 Å². The summed E-state index contributed by atoms with van der Waals surface area (Å²) in [6.45, 7) is 5.73. The number of hydrogen-bond donors (Lipinski definition) is 0. The molecule has 0 radical (unpaired) electrons. The summed E-state index contributed by atoms with van der Waals surface area (Å²) in [5.41, 5.74) is 1.37. The van der Waals surface area contributed by atoms with Gasteiger partial charge in [-0.2, -0.15) is 5.10 Å². The highest BCUT2D eigenvalue weighted by atomic mass is 15.3. The van der Waals surface area contributed by atoms with E-state index in [4.69, 9.17) is 0 Å². The molecule has 2 aromatic rings. The fraction of sp³-hybridized carbons (Fsp3) is 0.500. The molecule has 1 aliphatic heterocycles. The fourth-order valence-corrected chi connectivity index (χ4v) is 3.32. The van der Waals surface area contributed by atoms with Crippen molar-refractivity contribution in [2.24, 2.45) is 5.92 Å². The average Bonchev–Trinajstić information content (AvgIpc) is 3.20. The van der Waals surface area contributed by atoms with E-state index in [1.54, 1.807) is 0 Å². The second kappa shape index (κ2) is 7.45. The van der Waals surface area contributed by atoms with Gasteiger partial charge in [0.1, 0.15) is 0 Å². The molecule has 2 heterocycles. The number of rotatable bonds is 7. The number of benzene rings is 1. The van der Waals surface area contributed by atoms with E-state index in [0.29, 0.717) is 0 Å². The summed E-state index contributed by atoms with van der Waals surface area (Å²) < 4.78 is 2.01. The molecule has 22 heavy (non-hydrogen) atoms. The van der Waals surface area contributed by atoms with Gasteiger partial charge in [-0.25, -0.2) is 0 Å². The highest BCUT2D eigenvalue weighted by Gasteiger charge is 2.23. The van der Waals surface area contributed by atoms with Gasteiger partial charge < -0.3 is 9.80 Å². The van der Waals surface area contributed by atoms with Crippen LogP contribution in [-0.4, -0.2) is 47.9 Å². The van der Waals surface area contributed by atoms with Crippen LogP contribution in [0.3, 0.4) is 0 Å². The van der Waals surface area contributed by atoms with Crippen LogP contribution < -0.4 is 4.90 Å². The molecule has 0 N–H and O–H groups in total. The van der Waals surface area contributed by atoms with Crippen LogP contribution in [0, 0.1) is 5.92 Å². The Kier molecular flexibility index (Phi) is 5.11. The normalized spacial score (nSPS) is 18.3. The van der Waals surface area contributed by atoms with Crippen molar-refractivity contribution in [2.45, 2.75) is 19.4 Å². The highest BCUT2D eigenvalue weighted by molar-refractivity contribution is 5.46. The van der Waals surface area contributed by atoms with Crippen molar-refractivity contribution in [3.8, 4) is 0 Å². The predicted molar refractivity (Wildman–Crippen MR) is 91.1 cm³/mol. The predicted octanol–water partition coefficient (Wildman–Crippen LogP) is 2.73. The smallest absolute Gasteiger partial charge is 0.0489 e. The third-order valence-electron chi connectivity index (χ3n) is 4.46. The first-order chi connectivity index (χ1) is 10.8. The van der Waals surface area contributed by atoms with Crippen LogP contribution >= 0.6 is 0 Å². The van der Waals surface area contributed by atoms with Crippen molar-refractivity contribution in [2.75, 3.05) is 38.1 Å². The van der Waals surface area contributed by atoms with Gasteiger partial charge in [-0.05, 0) is 50.6 Å². The van der Waals surface area contributed by atoms with Gasteiger partial charge in [-0.3, -0.25) is 4.68 Å². The standard InChI is InChI=1S/C18H26N4/c1-20(11-6-13-22-12-5-10-19-22)15-17-9-14-21(16-17)18-7-3-2-4-8-18/h2-5,7-8,10,12,17H,6,9,11,13-16H2,1H3/t17-/m0/s1. The minimum absolute atomic E-state index is 0.787. The SMILES string of the molecule is CN(CCCn1cccn1)C[C@@H]1CCN(c2ccccc2)C1. The highest BCUT2D eigenvalue weighted by Crippen LogP contribution is 2.23. The second-order valence-electron chi connectivity index (χ2n) is 6.32. The molecule has 0 saturated carbocycles. The van der Waals surface area contributed by atoms with Crippen LogP contribution in [0.2, 0.25) is 0 Å². The van der Waals surface area contributed by atoms with E-state index in [2.05, 4.69) is 52.3 Å². The van der Waals surface area contributed by atoms with Gasteiger partial charge in [0.25, 0.3) is 0 Å². The number of aryl methyl sites for hydroxylation is 1. The molecular weight excluding hydrogens is 272 g/mol. The maximum atomic E-state index is 4.25. The van der Waals surface area contributed by atoms with Gasteiger partial charge in [0.05, 0.1) is 0 Å². The second-order valence-corrected chi connectivity index (χ2v) is 6.32. The maximum absolute atomic E-state index is 4.25. The third kappa shape index (κ3) is 4.10. The Hall–Kier alpha value is -1.81. The molecule has 1 aliphatic rings. The minimum Gasteiger partial charge on any atom is -0.371 e. The van der Waals surface area contributed by atoms with Crippen molar-refractivity contribution in [1.82, 2.24) is 14.7 Å². The lowest BCUT2D eigenvalue weighted by Crippen LogP contribution is -2.29. The molecule has 0 spiro atoms. The molecule has 0 bridgehead atoms. The molecule has 1 saturated heterocycles. The summed E-state index contributed by atoms with van der Waals surface area (Å²) in [4.78, 5) is 4.99. The van der Waals surface area contributed by atoms with Crippen molar-refractivity contribution in [3.63, 3.8) is 0 Å². The minimum atomic E-state index is 0.787. The lowest BCUT2D eigenvalue weighted by molar-refractivity contribution is 0.276. The number of anilines is 1. The van der Waals surface area contributed by atoms with Gasteiger partial charge in [0.2, 0.25) is 0 Å². The summed E-state index contributed by atoms with van der Waals surface area (Å²) in [7, 11) is 2.24. The largest absolute Gasteiger partial charge is 0.371 e. The Balaban J connectivity index is 1.38. The zero-order valence-electron chi connectivity index (χ0n) is 13.4. The molecule has 1 atom stereocenters. The van der Waals surface area contributed by atoms with Crippen LogP contribution in [0.15, 0.2) is 48.8 Å². The lowest BCUT2D eigenvalue weighted by Gasteiger charge is -2.22. The van der Waals surface area contributed by atoms with Gasteiger partial charge in [-0.15, -0.1) is 0 Å². The van der Waals surface area contributed by atoms with Crippen LogP contribution in [0.25, 0.3) is 0 Å². The molecule has 3 rings (SSSR count). The Morgan fingerprint density at radius 3 is 2.86 bits per heavy atom. The molecule has 0 amide bonds. The van der Waals surface area contributed by atoms with Crippen LogP contribution in [0.1, 0.15) is 12.8 Å². The van der Waals surface area contributed by atoms with Gasteiger partial charge in [0, 0.05) is 44.3 Å². The molecule has 4 nitrogen and oxygen atoms in total. The first-order valence-corrected chi connectivity index (χ1v) is 8.27. The molecule has 1 aromatic heterocycles. The van der Waals surface area contributed by atoms with Gasteiger partial charge in [-0.1, -0.05) is 18.2 Å². The van der Waals surface area contributed by atoms with Crippen molar-refractivity contribution >= 4 is 5.69 Å². The first kappa shape index (κ1) is 15.1. The third-order valence-corrected chi connectivity index (χ3v) is 4.46. The topological polar surface area (TPSA) is 24.3 Å². The molecule has 0 aliphatic carbocycles. The monoisotopic (exact) mass is 298 g/mol. The Bertz CT molecular complexity index is 537. The van der Waals surface area contributed by atoms with E-state index in [1.807, 2.05) is 23.1 Å². The zero-order chi connectivity index (χ0) is 15.2. The molecule has 1 aromatic carbocycles. The Labute approximate surface area is 133 Å². The van der Waals surface area contributed by atoms with E-state index in [-0.39, 0.29) is 0 Å². The van der Waals surface area contributed by atoms with E-state index in [0.717, 1.165) is 25.4 Å². The summed E-state index contributed by atoms with van der Waals surface area (Å²) in [6, 6.07) is 12.8.